The summed E-state index contributed by atoms with van der Waals surface area (Å²) in [6.07, 6.45) is 3.85. The lowest BCUT2D eigenvalue weighted by Crippen LogP contribution is -2.39. The van der Waals surface area contributed by atoms with Crippen LogP contribution in [-0.2, 0) is 13.1 Å². The predicted octanol–water partition coefficient (Wildman–Crippen LogP) is 4.06. The highest BCUT2D eigenvalue weighted by molar-refractivity contribution is 5.80. The Hall–Kier alpha value is -3.08. The van der Waals surface area contributed by atoms with Crippen LogP contribution >= 0.6 is 0 Å². The third kappa shape index (κ3) is 5.22. The molecule has 2 N–H and O–H groups in total. The number of aromatic nitrogens is 2. The van der Waals surface area contributed by atoms with Crippen LogP contribution in [0.5, 0.6) is 0 Å². The summed E-state index contributed by atoms with van der Waals surface area (Å²) in [5.41, 5.74) is 3.80. The van der Waals surface area contributed by atoms with Gasteiger partial charge in [-0.05, 0) is 37.5 Å². The highest BCUT2D eigenvalue weighted by atomic mass is 15.2. The van der Waals surface area contributed by atoms with Gasteiger partial charge in [-0.2, -0.15) is 0 Å². The first-order valence-electron chi connectivity index (χ1n) is 9.81. The third-order valence-corrected chi connectivity index (χ3v) is 4.73. The topological polar surface area (TPSA) is 54.2 Å². The zero-order valence-corrected chi connectivity index (χ0v) is 16.9. The molecule has 0 spiro atoms. The van der Waals surface area contributed by atoms with Gasteiger partial charge in [-0.3, -0.25) is 0 Å². The van der Waals surface area contributed by atoms with Gasteiger partial charge in [-0.1, -0.05) is 54.6 Å². The zero-order chi connectivity index (χ0) is 19.8. The van der Waals surface area contributed by atoms with Gasteiger partial charge >= 0.3 is 0 Å². The van der Waals surface area contributed by atoms with Crippen molar-refractivity contribution in [2.24, 2.45) is 4.99 Å². The quantitative estimate of drug-likeness (QED) is 0.484. The van der Waals surface area contributed by atoms with Crippen molar-refractivity contribution in [1.29, 1.82) is 0 Å². The summed E-state index contributed by atoms with van der Waals surface area (Å²) >= 11 is 0. The number of nitrogens with zero attached hydrogens (tertiary/aromatic N) is 3. The van der Waals surface area contributed by atoms with Gasteiger partial charge in [0.15, 0.2) is 5.96 Å². The Morgan fingerprint density at radius 1 is 1.11 bits per heavy atom. The van der Waals surface area contributed by atoms with Crippen LogP contribution in [0.1, 0.15) is 42.4 Å². The molecule has 1 atom stereocenters. The van der Waals surface area contributed by atoms with E-state index in [9.17, 15) is 0 Å². The van der Waals surface area contributed by atoms with E-state index in [1.807, 2.05) is 18.5 Å². The Morgan fingerprint density at radius 3 is 2.61 bits per heavy atom. The number of rotatable bonds is 7. The Morgan fingerprint density at radius 2 is 1.86 bits per heavy atom. The number of benzene rings is 2. The average Bonchev–Trinajstić information content (AvgIpc) is 3.14. The fourth-order valence-electron chi connectivity index (χ4n) is 3.24. The highest BCUT2D eigenvalue weighted by Gasteiger charge is 2.10. The summed E-state index contributed by atoms with van der Waals surface area (Å²) in [5, 5.41) is 6.84. The first-order chi connectivity index (χ1) is 13.7. The normalized spacial score (nSPS) is 12.6. The molecule has 3 aromatic rings. The molecule has 1 unspecified atom stereocenters. The molecule has 0 aliphatic carbocycles. The van der Waals surface area contributed by atoms with Crippen LogP contribution in [0.2, 0.25) is 0 Å². The first-order valence-corrected chi connectivity index (χ1v) is 9.81. The average molecular weight is 376 g/mol. The molecule has 0 saturated carbocycles. The maximum absolute atomic E-state index is 4.76. The molecule has 0 amide bonds. The summed E-state index contributed by atoms with van der Waals surface area (Å²) in [6, 6.07) is 19.0. The Labute approximate surface area is 167 Å². The number of hydrogen-bond donors (Lipinski definition) is 2. The largest absolute Gasteiger partial charge is 0.357 e. The Kier molecular flexibility index (Phi) is 6.84. The van der Waals surface area contributed by atoms with Crippen LogP contribution in [-0.4, -0.2) is 22.1 Å². The number of hydrogen-bond acceptors (Lipinski definition) is 2. The van der Waals surface area contributed by atoms with Gasteiger partial charge in [-0.15, -0.1) is 0 Å². The summed E-state index contributed by atoms with van der Waals surface area (Å²) < 4.78 is 2.15. The minimum absolute atomic E-state index is 0.170. The predicted molar refractivity (Wildman–Crippen MR) is 115 cm³/mol. The first kappa shape index (κ1) is 19.7. The van der Waals surface area contributed by atoms with Crippen molar-refractivity contribution in [2.45, 2.75) is 39.9 Å². The maximum atomic E-state index is 4.76. The van der Waals surface area contributed by atoms with Crippen LogP contribution in [0, 0.1) is 6.92 Å². The molecular formula is C23H29N5. The minimum atomic E-state index is 0.170. The van der Waals surface area contributed by atoms with Crippen molar-refractivity contribution in [1.82, 2.24) is 20.2 Å². The van der Waals surface area contributed by atoms with Crippen molar-refractivity contribution in [3.05, 3.63) is 89.5 Å². The fraction of sp³-hybridized carbons (Fsp3) is 0.304. The van der Waals surface area contributed by atoms with Crippen LogP contribution in [0.25, 0.3) is 0 Å². The molecule has 5 nitrogen and oxygen atoms in total. The molecule has 0 fully saturated rings. The van der Waals surface area contributed by atoms with E-state index in [1.54, 1.807) is 0 Å². The summed E-state index contributed by atoms with van der Waals surface area (Å²) in [7, 11) is 0. The van der Waals surface area contributed by atoms with Crippen LogP contribution < -0.4 is 10.6 Å². The van der Waals surface area contributed by atoms with Gasteiger partial charge < -0.3 is 15.2 Å². The molecule has 1 heterocycles. The van der Waals surface area contributed by atoms with E-state index in [0.29, 0.717) is 6.54 Å². The lowest BCUT2D eigenvalue weighted by molar-refractivity contribution is 0.674. The molecule has 3 rings (SSSR count). The fourth-order valence-corrected chi connectivity index (χ4v) is 3.24. The number of aliphatic imine (C=N–C) groups is 1. The second-order valence-electron chi connectivity index (χ2n) is 6.87. The molecule has 5 heteroatoms. The molecule has 0 bridgehead atoms. The van der Waals surface area contributed by atoms with E-state index in [4.69, 9.17) is 4.99 Å². The molecule has 1 aromatic heterocycles. The van der Waals surface area contributed by atoms with Gasteiger partial charge in [0, 0.05) is 25.5 Å². The molecule has 0 radical (unpaired) electrons. The van der Waals surface area contributed by atoms with Crippen LogP contribution in [0.4, 0.5) is 0 Å². The monoisotopic (exact) mass is 375 g/mol. The Balaban J connectivity index is 1.70. The second-order valence-corrected chi connectivity index (χ2v) is 6.87. The maximum Gasteiger partial charge on any atom is 0.192 e. The summed E-state index contributed by atoms with van der Waals surface area (Å²) in [5.74, 6) is 1.75. The van der Waals surface area contributed by atoms with Gasteiger partial charge in [0.1, 0.15) is 12.4 Å². The van der Waals surface area contributed by atoms with Crippen molar-refractivity contribution in [2.75, 3.05) is 6.54 Å². The molecule has 0 saturated heterocycles. The van der Waals surface area contributed by atoms with Gasteiger partial charge in [-0.25, -0.2) is 9.98 Å². The number of nitrogens with one attached hydrogen (secondary N) is 2. The smallest absolute Gasteiger partial charge is 0.192 e. The molecule has 2 aromatic carbocycles. The van der Waals surface area contributed by atoms with Gasteiger partial charge in [0.25, 0.3) is 0 Å². The van der Waals surface area contributed by atoms with Crippen molar-refractivity contribution in [3.8, 4) is 0 Å². The van der Waals surface area contributed by atoms with Crippen molar-refractivity contribution >= 4 is 5.96 Å². The molecule has 0 aliphatic rings. The SMILES string of the molecule is CCNC(=NCc1nccn1Cc1ccccc1)NC(C)c1ccccc1C. The van der Waals surface area contributed by atoms with E-state index in [1.165, 1.54) is 16.7 Å². The van der Waals surface area contributed by atoms with E-state index in [0.717, 1.165) is 24.9 Å². The number of imidazole rings is 1. The van der Waals surface area contributed by atoms with Gasteiger partial charge in [0.05, 0.1) is 6.04 Å². The van der Waals surface area contributed by atoms with E-state index in [-0.39, 0.29) is 6.04 Å². The van der Waals surface area contributed by atoms with E-state index in [2.05, 4.69) is 89.5 Å². The van der Waals surface area contributed by atoms with Crippen LogP contribution in [0.15, 0.2) is 72.0 Å². The molecule has 28 heavy (non-hydrogen) atoms. The number of guanidine groups is 1. The summed E-state index contributed by atoms with van der Waals surface area (Å²) in [6.45, 7) is 8.51. The number of aryl methyl sites for hydroxylation is 1. The lowest BCUT2D eigenvalue weighted by atomic mass is 10.0. The standard InChI is InChI=1S/C23H29N5/c1-4-24-23(27-19(3)21-13-9-8-10-18(21)2)26-16-22-25-14-15-28(22)17-20-11-6-5-7-12-20/h5-15,19H,4,16-17H2,1-3H3,(H2,24,26,27). The van der Waals surface area contributed by atoms with E-state index >= 15 is 0 Å². The lowest BCUT2D eigenvalue weighted by Gasteiger charge is -2.19. The third-order valence-electron chi connectivity index (χ3n) is 4.73. The van der Waals surface area contributed by atoms with Crippen LogP contribution in [0.3, 0.4) is 0 Å². The van der Waals surface area contributed by atoms with Crippen molar-refractivity contribution < 1.29 is 0 Å². The second kappa shape index (κ2) is 9.74. The summed E-state index contributed by atoms with van der Waals surface area (Å²) in [4.78, 5) is 9.26. The molecular weight excluding hydrogens is 346 g/mol. The van der Waals surface area contributed by atoms with Gasteiger partial charge in [0.2, 0.25) is 0 Å². The van der Waals surface area contributed by atoms with Crippen molar-refractivity contribution in [3.63, 3.8) is 0 Å². The molecule has 146 valence electrons. The molecule has 0 aliphatic heterocycles. The van der Waals surface area contributed by atoms with E-state index < -0.39 is 0 Å². The zero-order valence-electron chi connectivity index (χ0n) is 16.9. The minimum Gasteiger partial charge on any atom is -0.357 e. The Bertz CT molecular complexity index is 898. The highest BCUT2D eigenvalue weighted by Crippen LogP contribution is 2.16.